The Bertz CT molecular complexity index is 455. The maximum absolute atomic E-state index is 2.74. The minimum Gasteiger partial charge on any atom is -0.0654 e. The van der Waals surface area contributed by atoms with E-state index in [1.54, 1.807) is 24.6 Å². The second-order valence-corrected chi connectivity index (χ2v) is 19.7. The molecule has 1 heteroatoms. The lowest BCUT2D eigenvalue weighted by Crippen LogP contribution is -2.45. The van der Waals surface area contributed by atoms with Crippen molar-refractivity contribution in [1.29, 1.82) is 0 Å². The molecule has 0 rings (SSSR count). The van der Waals surface area contributed by atoms with Crippen LogP contribution in [0, 0.1) is 0 Å². The van der Waals surface area contributed by atoms with Gasteiger partial charge in [0.05, 0.1) is 8.07 Å². The Morgan fingerprint density at radius 2 is 0.538 bits per heavy atom. The summed E-state index contributed by atoms with van der Waals surface area (Å²) in [5.41, 5.74) is 0. The second kappa shape index (κ2) is 28.3. The highest BCUT2D eigenvalue weighted by atomic mass is 28.3. The molecule has 0 heterocycles. The summed E-state index contributed by atoms with van der Waals surface area (Å²) in [6, 6.07) is 4.91. The third kappa shape index (κ3) is 21.6. The first-order chi connectivity index (χ1) is 19.0. The second-order valence-electron chi connectivity index (χ2n) is 14.3. The van der Waals surface area contributed by atoms with Crippen LogP contribution < -0.4 is 0 Å². The summed E-state index contributed by atoms with van der Waals surface area (Å²) in [6.07, 6.45) is 41.3. The van der Waals surface area contributed by atoms with Gasteiger partial charge >= 0.3 is 0 Å². The van der Waals surface area contributed by atoms with E-state index in [4.69, 9.17) is 0 Å². The van der Waals surface area contributed by atoms with Gasteiger partial charge in [-0.3, -0.25) is 0 Å². The Morgan fingerprint density at radius 3 is 0.846 bits per heavy atom. The molecule has 0 aliphatic heterocycles. The van der Waals surface area contributed by atoms with Crippen molar-refractivity contribution < 1.29 is 0 Å². The highest BCUT2D eigenvalue weighted by molar-refractivity contribution is 6.82. The van der Waals surface area contributed by atoms with Crippen LogP contribution in [0.3, 0.4) is 0 Å². The SMILES string of the molecule is CCCCCCCCCCCCCCCCCC[Si](CCCCCC)(CCCCCC)C(C)(C)CCCCC. The molecular weight excluding hydrogens is 485 g/mol. The number of hydrogen-bond acceptors (Lipinski definition) is 0. The molecule has 0 aromatic rings. The van der Waals surface area contributed by atoms with Crippen LogP contribution in [0.15, 0.2) is 0 Å². The third-order valence-corrected chi connectivity index (χ3v) is 17.4. The van der Waals surface area contributed by atoms with Crippen LogP contribution in [0.4, 0.5) is 0 Å². The molecule has 0 N–H and O–H groups in total. The van der Waals surface area contributed by atoms with E-state index >= 15 is 0 Å². The molecule has 0 radical (unpaired) electrons. The summed E-state index contributed by atoms with van der Waals surface area (Å²) in [5, 5.41) is 0.635. The van der Waals surface area contributed by atoms with Gasteiger partial charge in [0.1, 0.15) is 0 Å². The third-order valence-electron chi connectivity index (χ3n) is 10.4. The van der Waals surface area contributed by atoms with Gasteiger partial charge in [0, 0.05) is 0 Å². The van der Waals surface area contributed by atoms with Crippen molar-refractivity contribution >= 4 is 8.07 Å². The zero-order chi connectivity index (χ0) is 28.9. The molecule has 0 unspecified atom stereocenters. The quantitative estimate of drug-likeness (QED) is 0.0563. The molecule has 0 aromatic heterocycles. The van der Waals surface area contributed by atoms with Crippen LogP contribution in [-0.2, 0) is 0 Å². The van der Waals surface area contributed by atoms with E-state index < -0.39 is 8.07 Å². The standard InChI is InChI=1S/C38H80Si/c1-7-11-15-18-19-20-21-22-23-24-25-26-27-28-29-33-37-39(35-31-16-12-8-2,36-32-17-13-9-3)38(5,6)34-30-14-10-4/h7-37H2,1-6H3. The van der Waals surface area contributed by atoms with Gasteiger partial charge in [-0.05, 0) is 5.04 Å². The first-order valence-electron chi connectivity index (χ1n) is 19.0. The van der Waals surface area contributed by atoms with Crippen LogP contribution in [0.1, 0.15) is 221 Å². The molecule has 0 fully saturated rings. The van der Waals surface area contributed by atoms with Gasteiger partial charge in [-0.15, -0.1) is 0 Å². The predicted molar refractivity (Wildman–Crippen MR) is 186 cm³/mol. The summed E-state index contributed by atoms with van der Waals surface area (Å²) < 4.78 is 0. The highest BCUT2D eigenvalue weighted by Crippen LogP contribution is 2.51. The topological polar surface area (TPSA) is 0 Å². The van der Waals surface area contributed by atoms with E-state index in [0.29, 0.717) is 5.04 Å². The Morgan fingerprint density at radius 1 is 0.308 bits per heavy atom. The van der Waals surface area contributed by atoms with Gasteiger partial charge in [0.25, 0.3) is 0 Å². The molecule has 0 atom stereocenters. The lowest BCUT2D eigenvalue weighted by molar-refractivity contribution is 0.509. The largest absolute Gasteiger partial charge is 0.0654 e. The van der Waals surface area contributed by atoms with Gasteiger partial charge < -0.3 is 0 Å². The first-order valence-corrected chi connectivity index (χ1v) is 21.6. The van der Waals surface area contributed by atoms with Gasteiger partial charge in [0.2, 0.25) is 0 Å². The van der Waals surface area contributed by atoms with Crippen molar-refractivity contribution in [2.45, 2.75) is 244 Å². The first kappa shape index (κ1) is 39.2. The van der Waals surface area contributed by atoms with Gasteiger partial charge in [0.15, 0.2) is 0 Å². The molecule has 39 heavy (non-hydrogen) atoms. The summed E-state index contributed by atoms with van der Waals surface area (Å²) in [4.78, 5) is 0. The molecule has 0 aliphatic carbocycles. The molecule has 0 aliphatic rings. The molecule has 0 spiro atoms. The lowest BCUT2D eigenvalue weighted by Gasteiger charge is -2.47. The van der Waals surface area contributed by atoms with Crippen molar-refractivity contribution in [2.24, 2.45) is 0 Å². The maximum Gasteiger partial charge on any atom is 0.0592 e. The van der Waals surface area contributed by atoms with Crippen LogP contribution in [-0.4, -0.2) is 8.07 Å². The molecule has 0 saturated carbocycles. The van der Waals surface area contributed by atoms with E-state index in [-0.39, 0.29) is 0 Å². The van der Waals surface area contributed by atoms with Crippen LogP contribution in [0.2, 0.25) is 23.2 Å². The predicted octanol–water partition coefficient (Wildman–Crippen LogP) is 15.2. The molecule has 0 bridgehead atoms. The Balaban J connectivity index is 4.46. The lowest BCUT2D eigenvalue weighted by atomic mass is 10.0. The fraction of sp³-hybridized carbons (Fsp3) is 1.00. The Hall–Kier alpha value is 0.217. The van der Waals surface area contributed by atoms with E-state index in [1.165, 1.54) is 173 Å². The van der Waals surface area contributed by atoms with Gasteiger partial charge in [-0.2, -0.15) is 0 Å². The van der Waals surface area contributed by atoms with Crippen molar-refractivity contribution in [3.8, 4) is 0 Å². The minimum absolute atomic E-state index is 0.635. The number of rotatable bonds is 32. The van der Waals surface area contributed by atoms with Crippen molar-refractivity contribution in [3.63, 3.8) is 0 Å². The average molecular weight is 565 g/mol. The van der Waals surface area contributed by atoms with Crippen molar-refractivity contribution in [3.05, 3.63) is 0 Å². The molecular formula is C38H80Si. The van der Waals surface area contributed by atoms with E-state index in [1.807, 2.05) is 0 Å². The van der Waals surface area contributed by atoms with Crippen LogP contribution >= 0.6 is 0 Å². The fourth-order valence-corrected chi connectivity index (χ4v) is 13.5. The average Bonchev–Trinajstić information content (AvgIpc) is 2.92. The normalized spacial score (nSPS) is 12.5. The molecule has 0 saturated heterocycles. The van der Waals surface area contributed by atoms with Gasteiger partial charge in [-0.1, -0.05) is 239 Å². The molecule has 0 nitrogen and oxygen atoms in total. The Kier molecular flexibility index (Phi) is 28.5. The van der Waals surface area contributed by atoms with E-state index in [0.717, 1.165) is 0 Å². The zero-order valence-electron chi connectivity index (χ0n) is 28.9. The minimum atomic E-state index is -1.28. The maximum atomic E-state index is 2.74. The summed E-state index contributed by atoms with van der Waals surface area (Å²) >= 11 is 0. The summed E-state index contributed by atoms with van der Waals surface area (Å²) in [6.45, 7) is 14.9. The smallest absolute Gasteiger partial charge is 0.0592 e. The monoisotopic (exact) mass is 565 g/mol. The fourth-order valence-electron chi connectivity index (χ4n) is 7.26. The van der Waals surface area contributed by atoms with Crippen LogP contribution in [0.25, 0.3) is 0 Å². The number of hydrogen-bond donors (Lipinski definition) is 0. The molecule has 0 amide bonds. The summed E-state index contributed by atoms with van der Waals surface area (Å²) in [7, 11) is -1.28. The van der Waals surface area contributed by atoms with E-state index in [9.17, 15) is 0 Å². The summed E-state index contributed by atoms with van der Waals surface area (Å²) in [5.74, 6) is 0. The highest BCUT2D eigenvalue weighted by Gasteiger charge is 2.44. The Labute approximate surface area is 252 Å². The van der Waals surface area contributed by atoms with Crippen molar-refractivity contribution in [2.75, 3.05) is 0 Å². The van der Waals surface area contributed by atoms with Crippen LogP contribution in [0.5, 0.6) is 0 Å². The van der Waals surface area contributed by atoms with Gasteiger partial charge in [-0.25, -0.2) is 0 Å². The van der Waals surface area contributed by atoms with Crippen molar-refractivity contribution in [1.82, 2.24) is 0 Å². The zero-order valence-corrected chi connectivity index (χ0v) is 29.9. The molecule has 236 valence electrons. The number of unbranched alkanes of at least 4 members (excludes halogenated alkanes) is 23. The molecule has 0 aromatic carbocycles. The van der Waals surface area contributed by atoms with E-state index in [2.05, 4.69) is 41.5 Å².